The lowest BCUT2D eigenvalue weighted by molar-refractivity contribution is -0.133. The van der Waals surface area contributed by atoms with E-state index in [0.717, 1.165) is 10.8 Å². The third-order valence-corrected chi connectivity index (χ3v) is 2.58. The molecule has 0 unspecified atom stereocenters. The second-order valence-corrected chi connectivity index (χ2v) is 3.73. The van der Waals surface area contributed by atoms with Crippen molar-refractivity contribution in [1.82, 2.24) is 0 Å². The molecule has 4 nitrogen and oxygen atoms in total. The van der Waals surface area contributed by atoms with Crippen molar-refractivity contribution in [1.29, 1.82) is 0 Å². The Kier molecular flexibility index (Phi) is 3.10. The smallest absolute Gasteiger partial charge is 0.336 e. The maximum Gasteiger partial charge on any atom is 0.336 e. The van der Waals surface area contributed by atoms with Gasteiger partial charge in [-0.3, -0.25) is 0 Å². The monoisotopic (exact) mass is 242 g/mol. The van der Waals surface area contributed by atoms with Gasteiger partial charge in [-0.05, 0) is 16.3 Å². The van der Waals surface area contributed by atoms with Crippen LogP contribution in [0.4, 0.5) is 0 Å². The number of hydrogen-bond acceptors (Lipinski definition) is 2. The Morgan fingerprint density at radius 1 is 0.944 bits per heavy atom. The van der Waals surface area contributed by atoms with Gasteiger partial charge in [0.1, 0.15) is 0 Å². The minimum absolute atomic E-state index is 0.223. The molecule has 2 rings (SSSR count). The summed E-state index contributed by atoms with van der Waals surface area (Å²) in [5, 5.41) is 19.4. The molecule has 0 spiro atoms. The highest BCUT2D eigenvalue weighted by Gasteiger charge is 2.14. The summed E-state index contributed by atoms with van der Waals surface area (Å²) in [4.78, 5) is 21.8. The molecule has 0 heterocycles. The highest BCUT2D eigenvalue weighted by molar-refractivity contribution is 6.22. The normalized spacial score (nSPS) is 11.4. The zero-order chi connectivity index (χ0) is 13.1. The molecule has 90 valence electrons. The van der Waals surface area contributed by atoms with Crippen molar-refractivity contribution in [3.63, 3.8) is 0 Å². The number of carboxylic acids is 2. The van der Waals surface area contributed by atoms with Crippen molar-refractivity contribution >= 4 is 28.3 Å². The molecule has 0 atom stereocenters. The first-order chi connectivity index (χ1) is 8.59. The van der Waals surface area contributed by atoms with Crippen LogP contribution in [0.15, 0.2) is 48.5 Å². The fourth-order valence-electron chi connectivity index (χ4n) is 1.84. The van der Waals surface area contributed by atoms with Crippen molar-refractivity contribution in [2.75, 3.05) is 0 Å². The number of carboxylic acid groups (broad SMARTS) is 2. The third kappa shape index (κ3) is 2.22. The molecule has 0 fully saturated rings. The van der Waals surface area contributed by atoms with Gasteiger partial charge in [0.05, 0.1) is 5.57 Å². The first-order valence-electron chi connectivity index (χ1n) is 5.25. The highest BCUT2D eigenvalue weighted by Crippen LogP contribution is 2.25. The van der Waals surface area contributed by atoms with Gasteiger partial charge in [0.25, 0.3) is 0 Å². The first-order valence-corrected chi connectivity index (χ1v) is 5.25. The van der Waals surface area contributed by atoms with E-state index in [4.69, 9.17) is 10.2 Å². The fraction of sp³-hybridized carbons (Fsp3) is 0. The van der Waals surface area contributed by atoms with E-state index in [2.05, 4.69) is 0 Å². The Balaban J connectivity index is 2.73. The first kappa shape index (κ1) is 11.9. The summed E-state index contributed by atoms with van der Waals surface area (Å²) in [7, 11) is 0. The maximum absolute atomic E-state index is 11.1. The van der Waals surface area contributed by atoms with E-state index in [1.807, 2.05) is 18.2 Å². The van der Waals surface area contributed by atoms with Crippen LogP contribution < -0.4 is 0 Å². The zero-order valence-electron chi connectivity index (χ0n) is 9.33. The molecule has 2 aromatic carbocycles. The molecule has 0 bridgehead atoms. The van der Waals surface area contributed by atoms with E-state index in [0.29, 0.717) is 11.6 Å². The van der Waals surface area contributed by atoms with E-state index >= 15 is 0 Å². The topological polar surface area (TPSA) is 74.6 Å². The summed E-state index contributed by atoms with van der Waals surface area (Å²) in [5.41, 5.74) is 0.183. The van der Waals surface area contributed by atoms with E-state index in [1.165, 1.54) is 0 Å². The summed E-state index contributed by atoms with van der Waals surface area (Å²) >= 11 is 0. The lowest BCUT2D eigenvalue weighted by atomic mass is 9.98. The van der Waals surface area contributed by atoms with E-state index in [9.17, 15) is 9.59 Å². The van der Waals surface area contributed by atoms with Crippen LogP contribution in [0.5, 0.6) is 0 Å². The van der Waals surface area contributed by atoms with Crippen molar-refractivity contribution in [3.8, 4) is 0 Å². The predicted octanol–water partition coefficient (Wildman–Crippen LogP) is 2.39. The average molecular weight is 242 g/mol. The van der Waals surface area contributed by atoms with Crippen LogP contribution in [0.25, 0.3) is 16.3 Å². The predicted molar refractivity (Wildman–Crippen MR) is 67.2 cm³/mol. The molecule has 0 aliphatic carbocycles. The molecular weight excluding hydrogens is 232 g/mol. The summed E-state index contributed by atoms with van der Waals surface area (Å²) in [6.07, 6.45) is 0.712. The molecule has 0 radical (unpaired) electrons. The zero-order valence-corrected chi connectivity index (χ0v) is 9.33. The summed E-state index contributed by atoms with van der Waals surface area (Å²) in [6, 6.07) is 12.4. The second-order valence-electron chi connectivity index (χ2n) is 3.73. The third-order valence-electron chi connectivity index (χ3n) is 2.58. The van der Waals surface area contributed by atoms with Crippen LogP contribution in [0, 0.1) is 0 Å². The van der Waals surface area contributed by atoms with Gasteiger partial charge in [-0.2, -0.15) is 0 Å². The molecule has 2 aromatic rings. The van der Waals surface area contributed by atoms with Crippen molar-refractivity contribution in [2.24, 2.45) is 0 Å². The number of fused-ring (bicyclic) bond motifs is 1. The molecule has 0 saturated heterocycles. The van der Waals surface area contributed by atoms with Gasteiger partial charge in [0, 0.05) is 6.08 Å². The Hall–Kier alpha value is -2.62. The molecule has 0 amide bonds. The van der Waals surface area contributed by atoms with Crippen molar-refractivity contribution in [2.45, 2.75) is 0 Å². The van der Waals surface area contributed by atoms with Crippen LogP contribution in [0.1, 0.15) is 5.56 Å². The maximum atomic E-state index is 11.1. The molecule has 0 aliphatic heterocycles. The molecule has 4 heteroatoms. The number of benzene rings is 2. The van der Waals surface area contributed by atoms with Gasteiger partial charge in [0.2, 0.25) is 0 Å². The average Bonchev–Trinajstić information content (AvgIpc) is 2.35. The minimum Gasteiger partial charge on any atom is -0.478 e. The molecular formula is C14H10O4. The van der Waals surface area contributed by atoms with Crippen LogP contribution in [-0.4, -0.2) is 22.2 Å². The fourth-order valence-corrected chi connectivity index (χ4v) is 1.84. The molecule has 2 N–H and O–H groups in total. The molecule has 0 saturated carbocycles. The number of hydrogen-bond donors (Lipinski definition) is 2. The van der Waals surface area contributed by atoms with E-state index in [1.54, 1.807) is 24.3 Å². The van der Waals surface area contributed by atoms with Gasteiger partial charge in [-0.15, -0.1) is 0 Å². The van der Waals surface area contributed by atoms with Gasteiger partial charge in [-0.1, -0.05) is 42.5 Å². The van der Waals surface area contributed by atoms with Crippen molar-refractivity contribution < 1.29 is 19.8 Å². The standard InChI is InChI=1S/C14H10O4/c15-13(16)8-12(14(17)18)11-7-3-5-9-4-1-2-6-10(9)11/h1-8H,(H,15,16)(H,17,18)/b12-8-. The van der Waals surface area contributed by atoms with Crippen LogP contribution in [0.2, 0.25) is 0 Å². The van der Waals surface area contributed by atoms with Crippen LogP contribution >= 0.6 is 0 Å². The molecule has 0 aliphatic rings. The lowest BCUT2D eigenvalue weighted by Gasteiger charge is -2.06. The molecule has 0 aromatic heterocycles. The van der Waals surface area contributed by atoms with E-state index < -0.39 is 11.9 Å². The Labute approximate surface area is 103 Å². The van der Waals surface area contributed by atoms with Gasteiger partial charge in [-0.25, -0.2) is 9.59 Å². The van der Waals surface area contributed by atoms with Crippen LogP contribution in [-0.2, 0) is 9.59 Å². The van der Waals surface area contributed by atoms with Crippen LogP contribution in [0.3, 0.4) is 0 Å². The largest absolute Gasteiger partial charge is 0.478 e. The number of aliphatic carboxylic acids is 2. The number of carbonyl (C=O) groups is 2. The Bertz CT molecular complexity index is 650. The van der Waals surface area contributed by atoms with Crippen molar-refractivity contribution in [3.05, 3.63) is 54.1 Å². The number of rotatable bonds is 3. The van der Waals surface area contributed by atoms with Gasteiger partial charge in [0.15, 0.2) is 0 Å². The highest BCUT2D eigenvalue weighted by atomic mass is 16.4. The second kappa shape index (κ2) is 4.71. The summed E-state index contributed by atoms with van der Waals surface area (Å²) in [5.74, 6) is -2.53. The quantitative estimate of drug-likeness (QED) is 0.810. The Morgan fingerprint density at radius 2 is 1.61 bits per heavy atom. The Morgan fingerprint density at radius 3 is 2.28 bits per heavy atom. The van der Waals surface area contributed by atoms with Gasteiger partial charge >= 0.3 is 11.9 Å². The minimum atomic E-state index is -1.28. The van der Waals surface area contributed by atoms with Gasteiger partial charge < -0.3 is 10.2 Å². The molecule has 18 heavy (non-hydrogen) atoms. The van der Waals surface area contributed by atoms with E-state index in [-0.39, 0.29) is 5.57 Å². The summed E-state index contributed by atoms with van der Waals surface area (Å²) in [6.45, 7) is 0. The SMILES string of the molecule is O=C(O)/C=C(\C(=O)O)c1cccc2ccccc12. The summed E-state index contributed by atoms with van der Waals surface area (Å²) < 4.78 is 0. The lowest BCUT2D eigenvalue weighted by Crippen LogP contribution is -2.03.